The maximum atomic E-state index is 11.4. The van der Waals surface area contributed by atoms with Crippen molar-refractivity contribution in [2.45, 2.75) is 25.6 Å². The minimum Gasteiger partial charge on any atom is -0.464 e. The second-order valence-corrected chi connectivity index (χ2v) is 8.86. The third-order valence-corrected chi connectivity index (χ3v) is 5.84. The second kappa shape index (κ2) is 7.76. The molecular formula is C22H23NO5S. The van der Waals surface area contributed by atoms with Gasteiger partial charge in [-0.25, -0.2) is 0 Å². The van der Waals surface area contributed by atoms with Crippen molar-refractivity contribution in [3.05, 3.63) is 60.4 Å². The Morgan fingerprint density at radius 2 is 1.86 bits per heavy atom. The SMILES string of the molecule is CC(OS(C)(=O)=O)C(CO)NCc1cc2c3ccccc3ccc2c2occc12. The molecule has 0 aliphatic rings. The van der Waals surface area contributed by atoms with Crippen molar-refractivity contribution < 1.29 is 22.1 Å². The number of rotatable bonds is 7. The fourth-order valence-corrected chi connectivity index (χ4v) is 4.47. The molecule has 3 aromatic carbocycles. The Labute approximate surface area is 169 Å². The average molecular weight is 413 g/mol. The summed E-state index contributed by atoms with van der Waals surface area (Å²) in [6, 6.07) is 15.9. The van der Waals surface area contributed by atoms with Gasteiger partial charge in [0.05, 0.1) is 31.3 Å². The van der Waals surface area contributed by atoms with Gasteiger partial charge < -0.3 is 14.8 Å². The van der Waals surface area contributed by atoms with E-state index in [2.05, 4.69) is 35.6 Å². The molecule has 0 radical (unpaired) electrons. The van der Waals surface area contributed by atoms with Crippen LogP contribution in [-0.4, -0.2) is 38.5 Å². The van der Waals surface area contributed by atoms with E-state index in [1.807, 2.05) is 18.2 Å². The summed E-state index contributed by atoms with van der Waals surface area (Å²) in [5.41, 5.74) is 1.81. The number of fused-ring (bicyclic) bond motifs is 5. The Morgan fingerprint density at radius 3 is 2.62 bits per heavy atom. The van der Waals surface area contributed by atoms with Crippen molar-refractivity contribution in [2.24, 2.45) is 0 Å². The van der Waals surface area contributed by atoms with Crippen LogP contribution in [0.1, 0.15) is 12.5 Å². The van der Waals surface area contributed by atoms with Crippen molar-refractivity contribution in [3.8, 4) is 0 Å². The summed E-state index contributed by atoms with van der Waals surface area (Å²) < 4.78 is 33.6. The van der Waals surface area contributed by atoms with E-state index in [1.165, 1.54) is 0 Å². The summed E-state index contributed by atoms with van der Waals surface area (Å²) in [6.07, 6.45) is 1.97. The predicted octanol–water partition coefficient (Wildman–Crippen LogP) is 3.55. The normalized spacial score (nSPS) is 14.6. The van der Waals surface area contributed by atoms with E-state index in [9.17, 15) is 13.5 Å². The fraction of sp³-hybridized carbons (Fsp3) is 0.273. The molecule has 0 fully saturated rings. The number of furan rings is 1. The highest BCUT2D eigenvalue weighted by Crippen LogP contribution is 2.34. The number of aliphatic hydroxyl groups excluding tert-OH is 1. The van der Waals surface area contributed by atoms with Crippen LogP contribution in [0, 0.1) is 0 Å². The summed E-state index contributed by atoms with van der Waals surface area (Å²) in [6.45, 7) is 1.80. The van der Waals surface area contributed by atoms with Crippen molar-refractivity contribution in [2.75, 3.05) is 12.9 Å². The van der Waals surface area contributed by atoms with Gasteiger partial charge in [-0.15, -0.1) is 0 Å². The van der Waals surface area contributed by atoms with Crippen LogP contribution in [0.15, 0.2) is 59.2 Å². The largest absolute Gasteiger partial charge is 0.464 e. The molecule has 7 heteroatoms. The molecule has 4 aromatic rings. The van der Waals surface area contributed by atoms with Crippen LogP contribution in [0.2, 0.25) is 0 Å². The lowest BCUT2D eigenvalue weighted by atomic mass is 9.97. The third-order valence-electron chi connectivity index (χ3n) is 5.19. The second-order valence-electron chi connectivity index (χ2n) is 7.26. The lowest BCUT2D eigenvalue weighted by Gasteiger charge is -2.23. The minimum absolute atomic E-state index is 0.248. The monoisotopic (exact) mass is 413 g/mol. The van der Waals surface area contributed by atoms with Crippen LogP contribution in [0.5, 0.6) is 0 Å². The molecule has 2 atom stereocenters. The van der Waals surface area contributed by atoms with E-state index < -0.39 is 22.3 Å². The Hall–Kier alpha value is -2.45. The van der Waals surface area contributed by atoms with Gasteiger partial charge in [0.15, 0.2) is 0 Å². The quantitative estimate of drug-likeness (QED) is 0.356. The first kappa shape index (κ1) is 19.8. The van der Waals surface area contributed by atoms with Crippen molar-refractivity contribution in [1.82, 2.24) is 5.32 Å². The summed E-state index contributed by atoms with van der Waals surface area (Å²) >= 11 is 0. The summed E-state index contributed by atoms with van der Waals surface area (Å²) in [5, 5.41) is 18.3. The summed E-state index contributed by atoms with van der Waals surface area (Å²) in [7, 11) is -3.61. The number of aliphatic hydroxyl groups is 1. The van der Waals surface area contributed by atoms with E-state index in [0.29, 0.717) is 6.54 Å². The van der Waals surface area contributed by atoms with Crippen molar-refractivity contribution in [1.29, 1.82) is 0 Å². The van der Waals surface area contributed by atoms with E-state index >= 15 is 0 Å². The standard InChI is InChI=1S/C22H23NO5S/c1-14(28-29(2,25)26)21(13-24)23-12-16-11-20-17-6-4-3-5-15(17)7-8-19(20)22-18(16)9-10-27-22/h3-11,14,21,23-24H,12-13H2,1-2H3. The van der Waals surface area contributed by atoms with Crippen LogP contribution in [-0.2, 0) is 20.8 Å². The molecule has 0 saturated carbocycles. The van der Waals surface area contributed by atoms with Gasteiger partial charge >= 0.3 is 0 Å². The Bertz CT molecular complexity index is 1280. The molecule has 0 bridgehead atoms. The highest BCUT2D eigenvalue weighted by atomic mass is 32.2. The molecule has 1 heterocycles. The van der Waals surface area contributed by atoms with E-state index in [4.69, 9.17) is 8.60 Å². The molecule has 0 aliphatic carbocycles. The lowest BCUT2D eigenvalue weighted by Crippen LogP contribution is -2.43. The minimum atomic E-state index is -3.61. The number of nitrogens with one attached hydrogen (secondary N) is 1. The van der Waals surface area contributed by atoms with Gasteiger partial charge in [0.1, 0.15) is 5.58 Å². The van der Waals surface area contributed by atoms with Gasteiger partial charge in [0, 0.05) is 17.3 Å². The zero-order valence-electron chi connectivity index (χ0n) is 16.3. The maximum absolute atomic E-state index is 11.4. The van der Waals surface area contributed by atoms with Gasteiger partial charge in [-0.05, 0) is 46.8 Å². The molecule has 0 saturated heterocycles. The first-order valence-corrected chi connectivity index (χ1v) is 11.2. The highest BCUT2D eigenvalue weighted by molar-refractivity contribution is 7.86. The molecule has 4 rings (SSSR count). The van der Waals surface area contributed by atoms with Gasteiger partial charge in [-0.1, -0.05) is 30.3 Å². The molecule has 29 heavy (non-hydrogen) atoms. The molecule has 6 nitrogen and oxygen atoms in total. The molecule has 2 N–H and O–H groups in total. The third kappa shape index (κ3) is 4.00. The molecule has 152 valence electrons. The maximum Gasteiger partial charge on any atom is 0.264 e. The van der Waals surface area contributed by atoms with Crippen LogP contribution in [0.25, 0.3) is 32.5 Å². The number of benzene rings is 3. The van der Waals surface area contributed by atoms with Crippen LogP contribution >= 0.6 is 0 Å². The van der Waals surface area contributed by atoms with E-state index in [-0.39, 0.29) is 6.61 Å². The van der Waals surface area contributed by atoms with Gasteiger partial charge in [-0.2, -0.15) is 8.42 Å². The summed E-state index contributed by atoms with van der Waals surface area (Å²) in [4.78, 5) is 0. The lowest BCUT2D eigenvalue weighted by molar-refractivity contribution is 0.127. The Morgan fingerprint density at radius 1 is 1.07 bits per heavy atom. The average Bonchev–Trinajstić information content (AvgIpc) is 3.17. The smallest absolute Gasteiger partial charge is 0.264 e. The molecule has 2 unspecified atom stereocenters. The first-order valence-electron chi connectivity index (χ1n) is 9.40. The highest BCUT2D eigenvalue weighted by Gasteiger charge is 2.21. The first-order chi connectivity index (χ1) is 13.9. The van der Waals surface area contributed by atoms with Crippen molar-refractivity contribution in [3.63, 3.8) is 0 Å². The topological polar surface area (TPSA) is 88.8 Å². The van der Waals surface area contributed by atoms with Crippen LogP contribution in [0.4, 0.5) is 0 Å². The molecule has 0 spiro atoms. The van der Waals surface area contributed by atoms with Crippen LogP contribution in [0.3, 0.4) is 0 Å². The molecule has 0 aliphatic heterocycles. The molecular weight excluding hydrogens is 390 g/mol. The van der Waals surface area contributed by atoms with Gasteiger partial charge in [0.25, 0.3) is 10.1 Å². The summed E-state index contributed by atoms with van der Waals surface area (Å²) in [5.74, 6) is 0. The number of hydrogen-bond acceptors (Lipinski definition) is 6. The Kier molecular flexibility index (Phi) is 5.31. The fourth-order valence-electron chi connectivity index (χ4n) is 3.78. The predicted molar refractivity (Wildman–Crippen MR) is 114 cm³/mol. The van der Waals surface area contributed by atoms with E-state index in [1.54, 1.807) is 13.2 Å². The van der Waals surface area contributed by atoms with Crippen LogP contribution < -0.4 is 5.32 Å². The van der Waals surface area contributed by atoms with Crippen molar-refractivity contribution >= 4 is 42.6 Å². The number of hydrogen-bond donors (Lipinski definition) is 2. The van der Waals surface area contributed by atoms with Gasteiger partial charge in [0.2, 0.25) is 0 Å². The molecule has 1 aromatic heterocycles. The van der Waals surface area contributed by atoms with Gasteiger partial charge in [-0.3, -0.25) is 4.18 Å². The zero-order valence-corrected chi connectivity index (χ0v) is 17.1. The van der Waals surface area contributed by atoms with E-state index in [0.717, 1.165) is 44.3 Å². The Balaban J connectivity index is 1.73. The zero-order chi connectivity index (χ0) is 20.6. The molecule has 0 amide bonds.